The van der Waals surface area contributed by atoms with Crippen LogP contribution in [0.4, 0.5) is 0 Å². The van der Waals surface area contributed by atoms with Crippen LogP contribution >= 0.6 is 0 Å². The molecule has 1 heterocycles. The summed E-state index contributed by atoms with van der Waals surface area (Å²) >= 11 is 0. The Morgan fingerprint density at radius 2 is 2.00 bits per heavy atom. The summed E-state index contributed by atoms with van der Waals surface area (Å²) in [6.45, 7) is 1.81. The second-order valence-electron chi connectivity index (χ2n) is 3.46. The number of aromatic nitrogens is 3. The standard InChI is InChI=1S/C11H11N3O3/c1-7-5-3-4-6-8(7)14-10(15)12-9(17-2)13-11(14)16/h3-6H,1-2H3,(H,12,13,15,16). The first-order chi connectivity index (χ1) is 8.13. The molecule has 0 atom stereocenters. The number of H-pyrrole nitrogens is 1. The molecule has 6 nitrogen and oxygen atoms in total. The van der Waals surface area contributed by atoms with E-state index in [-0.39, 0.29) is 6.01 Å². The van der Waals surface area contributed by atoms with Crippen molar-refractivity contribution in [2.75, 3.05) is 7.11 Å². The predicted molar refractivity (Wildman–Crippen MR) is 61.7 cm³/mol. The number of hydrogen-bond donors (Lipinski definition) is 1. The molecule has 0 radical (unpaired) electrons. The van der Waals surface area contributed by atoms with Crippen molar-refractivity contribution in [1.29, 1.82) is 0 Å². The van der Waals surface area contributed by atoms with E-state index in [4.69, 9.17) is 4.74 Å². The zero-order valence-electron chi connectivity index (χ0n) is 9.43. The van der Waals surface area contributed by atoms with Crippen molar-refractivity contribution < 1.29 is 4.74 Å². The Morgan fingerprint density at radius 1 is 1.29 bits per heavy atom. The molecule has 0 spiro atoms. The molecule has 2 rings (SSSR count). The average Bonchev–Trinajstić information content (AvgIpc) is 2.30. The topological polar surface area (TPSA) is 77.0 Å². The van der Waals surface area contributed by atoms with Crippen molar-refractivity contribution in [3.8, 4) is 11.7 Å². The lowest BCUT2D eigenvalue weighted by Gasteiger charge is -2.07. The second-order valence-corrected chi connectivity index (χ2v) is 3.46. The Bertz CT molecular complexity index is 626. The molecule has 0 aliphatic heterocycles. The smallest absolute Gasteiger partial charge is 0.360 e. The second kappa shape index (κ2) is 4.25. The highest BCUT2D eigenvalue weighted by atomic mass is 16.5. The third kappa shape index (κ3) is 1.96. The summed E-state index contributed by atoms with van der Waals surface area (Å²) in [7, 11) is 1.33. The number of benzene rings is 1. The molecule has 0 bridgehead atoms. The molecule has 1 aromatic heterocycles. The predicted octanol–water partition coefficient (Wildman–Crippen LogP) is 0.238. The fourth-order valence-corrected chi connectivity index (χ4v) is 1.52. The first-order valence-electron chi connectivity index (χ1n) is 4.97. The Hall–Kier alpha value is -2.37. The zero-order valence-corrected chi connectivity index (χ0v) is 9.43. The largest absolute Gasteiger partial charge is 0.468 e. The summed E-state index contributed by atoms with van der Waals surface area (Å²) in [6, 6.07) is 6.98. The molecule has 2 aromatic rings. The fourth-order valence-electron chi connectivity index (χ4n) is 1.52. The average molecular weight is 233 g/mol. The molecular formula is C11H11N3O3. The quantitative estimate of drug-likeness (QED) is 0.806. The molecule has 6 heteroatoms. The van der Waals surface area contributed by atoms with E-state index in [9.17, 15) is 9.59 Å². The minimum Gasteiger partial charge on any atom is -0.468 e. The maximum absolute atomic E-state index is 11.8. The summed E-state index contributed by atoms with van der Waals surface area (Å²) in [5, 5.41) is 0. The number of aryl methyl sites for hydroxylation is 1. The third-order valence-corrected chi connectivity index (χ3v) is 2.36. The Balaban J connectivity index is 2.74. The van der Waals surface area contributed by atoms with Crippen molar-refractivity contribution in [2.24, 2.45) is 0 Å². The van der Waals surface area contributed by atoms with Crippen LogP contribution in [0.25, 0.3) is 5.69 Å². The number of methoxy groups -OCH3 is 1. The Kier molecular flexibility index (Phi) is 2.78. The lowest BCUT2D eigenvalue weighted by atomic mass is 10.2. The van der Waals surface area contributed by atoms with Gasteiger partial charge in [-0.25, -0.2) is 14.2 Å². The van der Waals surface area contributed by atoms with E-state index in [1.807, 2.05) is 19.1 Å². The zero-order chi connectivity index (χ0) is 12.4. The van der Waals surface area contributed by atoms with E-state index in [0.29, 0.717) is 5.69 Å². The molecule has 0 fully saturated rings. The summed E-state index contributed by atoms with van der Waals surface area (Å²) in [4.78, 5) is 29.4. The molecule has 0 aliphatic carbocycles. The van der Waals surface area contributed by atoms with Crippen LogP contribution in [0.2, 0.25) is 0 Å². The number of nitrogens with zero attached hydrogens (tertiary/aromatic N) is 2. The lowest BCUT2D eigenvalue weighted by Crippen LogP contribution is -2.36. The highest BCUT2D eigenvalue weighted by Crippen LogP contribution is 2.08. The number of ether oxygens (including phenoxy) is 1. The van der Waals surface area contributed by atoms with Crippen LogP contribution < -0.4 is 16.1 Å². The minimum atomic E-state index is -0.667. The van der Waals surface area contributed by atoms with Gasteiger partial charge >= 0.3 is 17.4 Å². The van der Waals surface area contributed by atoms with Crippen molar-refractivity contribution >= 4 is 0 Å². The van der Waals surface area contributed by atoms with Crippen LogP contribution in [-0.2, 0) is 0 Å². The van der Waals surface area contributed by atoms with Crippen molar-refractivity contribution in [3.05, 3.63) is 50.8 Å². The number of hydrogen-bond acceptors (Lipinski definition) is 4. The fraction of sp³-hybridized carbons (Fsp3) is 0.182. The SMILES string of the molecule is COc1nc(=O)n(-c2ccccc2C)c(=O)[nH]1. The molecule has 88 valence electrons. The highest BCUT2D eigenvalue weighted by molar-refractivity contribution is 5.39. The molecule has 0 amide bonds. The van der Waals surface area contributed by atoms with Crippen LogP contribution in [0.1, 0.15) is 5.56 Å². The number of para-hydroxylation sites is 1. The molecule has 0 saturated carbocycles. The summed E-state index contributed by atoms with van der Waals surface area (Å²) in [5.74, 6) is 0. The number of rotatable bonds is 2. The highest BCUT2D eigenvalue weighted by Gasteiger charge is 2.09. The molecule has 0 unspecified atom stereocenters. The van der Waals surface area contributed by atoms with Crippen LogP contribution in [0.5, 0.6) is 6.01 Å². The van der Waals surface area contributed by atoms with Gasteiger partial charge in [-0.1, -0.05) is 18.2 Å². The van der Waals surface area contributed by atoms with Gasteiger partial charge in [0.1, 0.15) is 0 Å². The van der Waals surface area contributed by atoms with Crippen LogP contribution in [0, 0.1) is 6.92 Å². The normalized spacial score (nSPS) is 10.2. The number of aromatic amines is 1. The van der Waals surface area contributed by atoms with Gasteiger partial charge in [0.05, 0.1) is 12.8 Å². The number of nitrogens with one attached hydrogen (secondary N) is 1. The maximum atomic E-state index is 11.8. The molecule has 0 saturated heterocycles. The van der Waals surface area contributed by atoms with Gasteiger partial charge in [-0.05, 0) is 18.6 Å². The molecule has 17 heavy (non-hydrogen) atoms. The van der Waals surface area contributed by atoms with Crippen molar-refractivity contribution in [2.45, 2.75) is 6.92 Å². The van der Waals surface area contributed by atoms with E-state index < -0.39 is 11.4 Å². The molecule has 1 aromatic carbocycles. The van der Waals surface area contributed by atoms with Crippen molar-refractivity contribution in [1.82, 2.24) is 14.5 Å². The minimum absolute atomic E-state index is 0.0927. The third-order valence-electron chi connectivity index (χ3n) is 2.36. The van der Waals surface area contributed by atoms with Crippen molar-refractivity contribution in [3.63, 3.8) is 0 Å². The van der Waals surface area contributed by atoms with Crippen LogP contribution in [0.15, 0.2) is 33.9 Å². The summed E-state index contributed by atoms with van der Waals surface area (Å²) in [5.41, 5.74) is 0.0806. The van der Waals surface area contributed by atoms with E-state index in [1.54, 1.807) is 12.1 Å². The molecular weight excluding hydrogens is 222 g/mol. The summed E-state index contributed by atoms with van der Waals surface area (Å²) < 4.78 is 5.69. The summed E-state index contributed by atoms with van der Waals surface area (Å²) in [6.07, 6.45) is 0. The van der Waals surface area contributed by atoms with Gasteiger partial charge < -0.3 is 4.74 Å². The van der Waals surface area contributed by atoms with E-state index in [0.717, 1.165) is 10.1 Å². The van der Waals surface area contributed by atoms with E-state index >= 15 is 0 Å². The Labute approximate surface area is 96.5 Å². The van der Waals surface area contributed by atoms with Gasteiger partial charge in [0.15, 0.2) is 0 Å². The van der Waals surface area contributed by atoms with Gasteiger partial charge in [0.2, 0.25) is 0 Å². The van der Waals surface area contributed by atoms with Gasteiger partial charge in [-0.2, -0.15) is 0 Å². The van der Waals surface area contributed by atoms with Gasteiger partial charge in [-0.3, -0.25) is 4.98 Å². The van der Waals surface area contributed by atoms with Crippen LogP contribution in [0.3, 0.4) is 0 Å². The monoisotopic (exact) mass is 233 g/mol. The first kappa shape index (κ1) is 11.1. The molecule has 0 aliphatic rings. The van der Waals surface area contributed by atoms with E-state index in [2.05, 4.69) is 9.97 Å². The molecule has 1 N–H and O–H groups in total. The van der Waals surface area contributed by atoms with Gasteiger partial charge in [-0.15, -0.1) is 4.98 Å². The van der Waals surface area contributed by atoms with Crippen LogP contribution in [-0.4, -0.2) is 21.6 Å². The lowest BCUT2D eigenvalue weighted by molar-refractivity contribution is 0.371. The first-order valence-corrected chi connectivity index (χ1v) is 4.97. The Morgan fingerprint density at radius 3 is 2.59 bits per heavy atom. The van der Waals surface area contributed by atoms with Gasteiger partial charge in [0.25, 0.3) is 0 Å². The van der Waals surface area contributed by atoms with E-state index in [1.165, 1.54) is 7.11 Å². The maximum Gasteiger partial charge on any atom is 0.360 e. The van der Waals surface area contributed by atoms with Gasteiger partial charge in [0, 0.05) is 0 Å².